The first-order valence-electron chi connectivity index (χ1n) is 8.44. The maximum Gasteiger partial charge on any atom is 0.573 e. The molecule has 0 aromatic carbocycles. The highest BCUT2D eigenvalue weighted by molar-refractivity contribution is 5.92. The van der Waals surface area contributed by atoms with E-state index in [-0.39, 0.29) is 11.6 Å². The van der Waals surface area contributed by atoms with E-state index in [2.05, 4.69) is 16.6 Å². The van der Waals surface area contributed by atoms with Gasteiger partial charge in [0.2, 0.25) is 0 Å². The smallest absolute Gasteiger partial charge is 0.465 e. The molecule has 2 bridgehead atoms. The van der Waals surface area contributed by atoms with E-state index in [1.807, 2.05) is 6.92 Å². The van der Waals surface area contributed by atoms with Gasteiger partial charge in [-0.25, -0.2) is 9.59 Å². The predicted octanol–water partition coefficient (Wildman–Crippen LogP) is 3.56. The Balaban J connectivity index is 2.25. The van der Waals surface area contributed by atoms with Crippen molar-refractivity contribution in [3.8, 4) is 0 Å². The molecule has 9 heteroatoms. The van der Waals surface area contributed by atoms with E-state index in [1.165, 1.54) is 25.0 Å². The minimum absolute atomic E-state index is 0.131. The van der Waals surface area contributed by atoms with E-state index in [1.54, 1.807) is 18.2 Å². The van der Waals surface area contributed by atoms with Gasteiger partial charge in [-0.2, -0.15) is 0 Å². The lowest BCUT2D eigenvalue weighted by Gasteiger charge is -2.42. The lowest BCUT2D eigenvalue weighted by molar-refractivity contribution is -0.303. The third kappa shape index (κ3) is 4.85. The van der Waals surface area contributed by atoms with E-state index in [0.717, 1.165) is 12.2 Å². The first-order valence-corrected chi connectivity index (χ1v) is 8.44. The first kappa shape index (κ1) is 21.3. The van der Waals surface area contributed by atoms with E-state index in [4.69, 9.17) is 4.74 Å². The number of fused-ring (bicyclic) bond motifs is 2. The Kier molecular flexibility index (Phi) is 6.37. The monoisotopic (exact) mass is 398 g/mol. The summed E-state index contributed by atoms with van der Waals surface area (Å²) in [5, 5.41) is 2.76. The number of rotatable bonds is 5. The minimum Gasteiger partial charge on any atom is -0.465 e. The number of amides is 2. The number of ether oxygens (including phenoxy) is 2. The number of hydrogen-bond acceptors (Lipinski definition) is 4. The van der Waals surface area contributed by atoms with Crippen LogP contribution in [-0.2, 0) is 14.3 Å². The minimum atomic E-state index is -4.82. The number of nitrogens with one attached hydrogen (secondary N) is 1. The van der Waals surface area contributed by atoms with Crippen molar-refractivity contribution in [3.05, 3.63) is 60.1 Å². The van der Waals surface area contributed by atoms with Gasteiger partial charge in [0.15, 0.2) is 0 Å². The second-order valence-electron chi connectivity index (χ2n) is 6.23. The summed E-state index contributed by atoms with van der Waals surface area (Å²) in [6.07, 6.45) is 3.52. The quantitative estimate of drug-likeness (QED) is 0.437. The van der Waals surface area contributed by atoms with Gasteiger partial charge in [-0.15, -0.1) is 13.2 Å². The molecule has 0 spiro atoms. The van der Waals surface area contributed by atoms with Crippen LogP contribution < -0.4 is 5.32 Å². The topological polar surface area (TPSA) is 67.9 Å². The molecule has 0 saturated carbocycles. The second kappa shape index (κ2) is 8.37. The Labute approximate surface area is 160 Å². The van der Waals surface area contributed by atoms with Gasteiger partial charge in [0.1, 0.15) is 5.76 Å². The van der Waals surface area contributed by atoms with Crippen LogP contribution >= 0.6 is 0 Å². The lowest BCUT2D eigenvalue weighted by atomic mass is 9.90. The highest BCUT2D eigenvalue weighted by Crippen LogP contribution is 2.30. The Morgan fingerprint density at radius 2 is 2.04 bits per heavy atom. The summed E-state index contributed by atoms with van der Waals surface area (Å²) in [7, 11) is 1.26. The molecule has 1 N–H and O–H groups in total. The van der Waals surface area contributed by atoms with Gasteiger partial charge < -0.3 is 14.8 Å². The van der Waals surface area contributed by atoms with Crippen LogP contribution in [0.25, 0.3) is 0 Å². The third-order valence-corrected chi connectivity index (χ3v) is 4.43. The number of carbonyl (C=O) groups excluding carboxylic acids is 2. The van der Waals surface area contributed by atoms with E-state index >= 15 is 0 Å². The molecule has 1 aliphatic heterocycles. The third-order valence-electron chi connectivity index (χ3n) is 4.43. The van der Waals surface area contributed by atoms with Gasteiger partial charge in [0.05, 0.1) is 24.8 Å². The number of hydrogen-bond donors (Lipinski definition) is 1. The van der Waals surface area contributed by atoms with Crippen LogP contribution in [0.1, 0.15) is 13.8 Å². The number of esters is 1. The standard InChI is InChI=1S/C19H21F3N2O4/c1-5-14(28-19(20,21)22)8-6-11(2)24-16-9-7-13(17(25)27-4)10-15(12(16)3)23-18(24)26/h5-10,12,15-16H,2H2,1,3-4H3,(H,23,26). The van der Waals surface area contributed by atoms with Crippen LogP contribution in [0, 0.1) is 5.92 Å². The van der Waals surface area contributed by atoms with Crippen LogP contribution in [0.5, 0.6) is 0 Å². The van der Waals surface area contributed by atoms with E-state index in [0.29, 0.717) is 5.57 Å². The molecule has 1 fully saturated rings. The maximum absolute atomic E-state index is 12.6. The fourth-order valence-corrected chi connectivity index (χ4v) is 2.99. The van der Waals surface area contributed by atoms with Crippen molar-refractivity contribution in [2.45, 2.75) is 32.3 Å². The summed E-state index contributed by atoms with van der Waals surface area (Å²) in [6.45, 7) is 7.06. The number of alkyl halides is 3. The zero-order valence-electron chi connectivity index (χ0n) is 15.6. The number of carbonyl (C=O) groups is 2. The molecule has 0 aromatic rings. The van der Waals surface area contributed by atoms with Crippen LogP contribution in [-0.4, -0.2) is 42.5 Å². The van der Waals surface area contributed by atoms with Crippen molar-refractivity contribution in [1.29, 1.82) is 0 Å². The number of allylic oxidation sites excluding steroid dienone is 3. The highest BCUT2D eigenvalue weighted by atomic mass is 19.4. The molecule has 1 saturated heterocycles. The molecular weight excluding hydrogens is 377 g/mol. The van der Waals surface area contributed by atoms with Gasteiger partial charge in [-0.3, -0.25) is 4.90 Å². The molecule has 6 nitrogen and oxygen atoms in total. The Hall–Kier alpha value is -2.97. The van der Waals surface area contributed by atoms with Crippen LogP contribution in [0.4, 0.5) is 18.0 Å². The summed E-state index contributed by atoms with van der Waals surface area (Å²) in [6, 6.07) is -1.34. The average Bonchev–Trinajstić information content (AvgIpc) is 2.72. The number of methoxy groups -OCH3 is 1. The van der Waals surface area contributed by atoms with Crippen molar-refractivity contribution in [2.24, 2.45) is 5.92 Å². The number of nitrogens with zero attached hydrogens (tertiary/aromatic N) is 1. The molecule has 1 aliphatic carbocycles. The molecule has 0 aromatic heterocycles. The molecule has 1 heterocycles. The summed E-state index contributed by atoms with van der Waals surface area (Å²) in [5.74, 6) is -1.09. The normalized spacial score (nSPS) is 25.1. The van der Waals surface area contributed by atoms with Gasteiger partial charge in [0, 0.05) is 11.6 Å². The van der Waals surface area contributed by atoms with Gasteiger partial charge in [-0.1, -0.05) is 19.6 Å². The predicted molar refractivity (Wildman–Crippen MR) is 95.5 cm³/mol. The van der Waals surface area contributed by atoms with Gasteiger partial charge >= 0.3 is 18.4 Å². The SMILES string of the molecule is C=C(C=CC(=CC)OC(F)(F)F)N1C(=O)NC2C=C(C(=O)OC)C=CC1C2C. The lowest BCUT2D eigenvalue weighted by Crippen LogP contribution is -2.59. The summed E-state index contributed by atoms with van der Waals surface area (Å²) < 4.78 is 45.7. The fourth-order valence-electron chi connectivity index (χ4n) is 2.99. The molecule has 3 unspecified atom stereocenters. The molecule has 0 radical (unpaired) electrons. The Morgan fingerprint density at radius 3 is 2.61 bits per heavy atom. The van der Waals surface area contributed by atoms with Crippen molar-refractivity contribution in [1.82, 2.24) is 10.2 Å². The molecule has 2 rings (SSSR count). The van der Waals surface area contributed by atoms with Crippen LogP contribution in [0.3, 0.4) is 0 Å². The molecule has 152 valence electrons. The molecule has 28 heavy (non-hydrogen) atoms. The Bertz CT molecular complexity index is 781. The molecular formula is C19H21F3N2O4. The zero-order chi connectivity index (χ0) is 21.1. The summed E-state index contributed by atoms with van der Waals surface area (Å²) >= 11 is 0. The fraction of sp³-hybridized carbons (Fsp3) is 0.368. The summed E-state index contributed by atoms with van der Waals surface area (Å²) in [4.78, 5) is 25.7. The molecule has 3 atom stereocenters. The van der Waals surface area contributed by atoms with Crippen LogP contribution in [0.15, 0.2) is 60.1 Å². The first-order chi connectivity index (χ1) is 13.1. The van der Waals surface area contributed by atoms with E-state index < -0.39 is 36.2 Å². The molecule has 2 aliphatic rings. The average molecular weight is 398 g/mol. The number of urea groups is 1. The zero-order valence-corrected chi connectivity index (χ0v) is 15.6. The largest absolute Gasteiger partial charge is 0.573 e. The van der Waals surface area contributed by atoms with Crippen molar-refractivity contribution in [3.63, 3.8) is 0 Å². The highest BCUT2D eigenvalue weighted by Gasteiger charge is 2.40. The van der Waals surface area contributed by atoms with Crippen molar-refractivity contribution in [2.75, 3.05) is 7.11 Å². The van der Waals surface area contributed by atoms with Gasteiger partial charge in [-0.05, 0) is 37.3 Å². The van der Waals surface area contributed by atoms with Gasteiger partial charge in [0.25, 0.3) is 0 Å². The summed E-state index contributed by atoms with van der Waals surface area (Å²) in [5.41, 5.74) is 0.476. The number of halogens is 3. The van der Waals surface area contributed by atoms with Crippen molar-refractivity contribution >= 4 is 12.0 Å². The maximum atomic E-state index is 12.6. The second-order valence-corrected chi connectivity index (χ2v) is 6.23. The molecule has 2 amide bonds. The Morgan fingerprint density at radius 1 is 1.36 bits per heavy atom. The van der Waals surface area contributed by atoms with Crippen molar-refractivity contribution < 1.29 is 32.2 Å². The van der Waals surface area contributed by atoms with E-state index in [9.17, 15) is 22.8 Å². The van der Waals surface area contributed by atoms with Crippen LogP contribution in [0.2, 0.25) is 0 Å².